The molecule has 21 heavy (non-hydrogen) atoms. The Morgan fingerprint density at radius 2 is 2.29 bits per heavy atom. The molecular weight excluding hydrogens is 352 g/mol. The maximum atomic E-state index is 12.5. The molecule has 0 radical (unpaired) electrons. The zero-order chi connectivity index (χ0) is 15.2. The van der Waals surface area contributed by atoms with E-state index in [0.717, 1.165) is 22.1 Å². The quantitative estimate of drug-likeness (QED) is 0.871. The highest BCUT2D eigenvalue weighted by Gasteiger charge is 2.52. The van der Waals surface area contributed by atoms with Crippen LogP contribution >= 0.6 is 27.7 Å². The standard InChI is InChI=1S/C15H17BrN2O2S/c1-9-3-4-10(7-11(9)16)17-14(20)12-8-21-15(2)6-5-13(19)18(12)15/h3-4,7,12H,5-6,8H2,1-2H3,(H,17,20). The number of thioether (sulfide) groups is 1. The smallest absolute Gasteiger partial charge is 0.248 e. The molecule has 1 aromatic carbocycles. The first-order chi connectivity index (χ1) is 9.90. The molecule has 0 aliphatic carbocycles. The molecule has 1 N–H and O–H groups in total. The number of fused-ring (bicyclic) bond motifs is 1. The molecule has 2 aliphatic rings. The summed E-state index contributed by atoms with van der Waals surface area (Å²) < 4.78 is 0.961. The number of nitrogens with zero attached hydrogens (tertiary/aromatic N) is 1. The van der Waals surface area contributed by atoms with E-state index in [4.69, 9.17) is 0 Å². The van der Waals surface area contributed by atoms with Gasteiger partial charge in [-0.3, -0.25) is 9.59 Å². The van der Waals surface area contributed by atoms with Crippen LogP contribution in [0.15, 0.2) is 22.7 Å². The van der Waals surface area contributed by atoms with Crippen LogP contribution in [0.1, 0.15) is 25.3 Å². The Balaban J connectivity index is 1.77. The third-order valence-electron chi connectivity index (χ3n) is 4.19. The van der Waals surface area contributed by atoms with E-state index in [1.54, 1.807) is 16.7 Å². The van der Waals surface area contributed by atoms with Gasteiger partial charge in [0, 0.05) is 22.3 Å². The summed E-state index contributed by atoms with van der Waals surface area (Å²) in [5, 5.41) is 2.93. The van der Waals surface area contributed by atoms with E-state index in [-0.39, 0.29) is 22.7 Å². The van der Waals surface area contributed by atoms with E-state index < -0.39 is 0 Å². The van der Waals surface area contributed by atoms with Gasteiger partial charge in [-0.05, 0) is 38.0 Å². The van der Waals surface area contributed by atoms with E-state index in [2.05, 4.69) is 28.2 Å². The lowest BCUT2D eigenvalue weighted by Gasteiger charge is -2.29. The number of hydrogen-bond donors (Lipinski definition) is 1. The van der Waals surface area contributed by atoms with Gasteiger partial charge in [0.25, 0.3) is 0 Å². The van der Waals surface area contributed by atoms with Crippen LogP contribution in [-0.2, 0) is 9.59 Å². The molecule has 2 unspecified atom stereocenters. The Labute approximate surface area is 136 Å². The van der Waals surface area contributed by atoms with Crippen LogP contribution < -0.4 is 5.32 Å². The molecule has 0 spiro atoms. The third-order valence-corrected chi connectivity index (χ3v) is 6.55. The Morgan fingerprint density at radius 1 is 1.52 bits per heavy atom. The van der Waals surface area contributed by atoms with Crippen LogP contribution in [0.3, 0.4) is 0 Å². The van der Waals surface area contributed by atoms with Crippen molar-refractivity contribution in [1.29, 1.82) is 0 Å². The average molecular weight is 369 g/mol. The summed E-state index contributed by atoms with van der Waals surface area (Å²) in [5.74, 6) is 0.658. The minimum Gasteiger partial charge on any atom is -0.324 e. The van der Waals surface area contributed by atoms with Gasteiger partial charge in [0.1, 0.15) is 6.04 Å². The number of rotatable bonds is 2. The molecule has 4 nitrogen and oxygen atoms in total. The maximum absolute atomic E-state index is 12.5. The van der Waals surface area contributed by atoms with Crippen molar-refractivity contribution in [2.24, 2.45) is 0 Å². The van der Waals surface area contributed by atoms with E-state index >= 15 is 0 Å². The van der Waals surface area contributed by atoms with Gasteiger partial charge in [-0.2, -0.15) is 0 Å². The Kier molecular flexibility index (Phi) is 3.78. The first kappa shape index (κ1) is 14.9. The van der Waals surface area contributed by atoms with Crippen LogP contribution in [0, 0.1) is 6.92 Å². The zero-order valence-electron chi connectivity index (χ0n) is 12.0. The van der Waals surface area contributed by atoms with E-state index in [1.165, 1.54) is 0 Å². The first-order valence-corrected chi connectivity index (χ1v) is 8.72. The molecule has 2 atom stereocenters. The molecule has 2 saturated heterocycles. The maximum Gasteiger partial charge on any atom is 0.248 e. The molecule has 112 valence electrons. The van der Waals surface area contributed by atoms with E-state index in [0.29, 0.717) is 12.2 Å². The fourth-order valence-corrected chi connectivity index (χ4v) is 4.72. The van der Waals surface area contributed by atoms with Crippen molar-refractivity contribution in [3.8, 4) is 0 Å². The van der Waals surface area contributed by atoms with E-state index in [1.807, 2.05) is 25.1 Å². The first-order valence-electron chi connectivity index (χ1n) is 6.94. The summed E-state index contributed by atoms with van der Waals surface area (Å²) in [6.45, 7) is 4.05. The van der Waals surface area contributed by atoms with Gasteiger partial charge in [-0.25, -0.2) is 0 Å². The van der Waals surface area contributed by atoms with Gasteiger partial charge in [0.15, 0.2) is 0 Å². The summed E-state index contributed by atoms with van der Waals surface area (Å²) in [6.07, 6.45) is 1.37. The number of carbonyl (C=O) groups is 2. The van der Waals surface area contributed by atoms with Gasteiger partial charge in [0.2, 0.25) is 11.8 Å². The predicted octanol–water partition coefficient (Wildman–Crippen LogP) is 3.15. The fraction of sp³-hybridized carbons (Fsp3) is 0.467. The number of carbonyl (C=O) groups excluding carboxylic acids is 2. The second-order valence-electron chi connectivity index (χ2n) is 5.72. The van der Waals surface area contributed by atoms with Gasteiger partial charge in [-0.1, -0.05) is 22.0 Å². The van der Waals surface area contributed by atoms with Crippen molar-refractivity contribution in [3.63, 3.8) is 0 Å². The zero-order valence-corrected chi connectivity index (χ0v) is 14.4. The molecule has 6 heteroatoms. The normalized spacial score (nSPS) is 27.9. The highest BCUT2D eigenvalue weighted by Crippen LogP contribution is 2.47. The monoisotopic (exact) mass is 368 g/mol. The molecule has 2 heterocycles. The molecular formula is C15H17BrN2O2S. The molecule has 2 fully saturated rings. The number of halogens is 1. The Bertz CT molecular complexity index is 622. The summed E-state index contributed by atoms with van der Waals surface area (Å²) in [4.78, 5) is 26.1. The molecule has 2 amide bonds. The van der Waals surface area contributed by atoms with Crippen molar-refractivity contribution < 1.29 is 9.59 Å². The lowest BCUT2D eigenvalue weighted by molar-refractivity contribution is -0.135. The number of amides is 2. The fourth-order valence-electron chi connectivity index (χ4n) is 2.91. The van der Waals surface area contributed by atoms with Crippen molar-refractivity contribution in [2.45, 2.75) is 37.6 Å². The lowest BCUT2D eigenvalue weighted by Crippen LogP contribution is -2.48. The van der Waals surface area contributed by atoms with Crippen LogP contribution in [-0.4, -0.2) is 33.4 Å². The van der Waals surface area contributed by atoms with Gasteiger partial charge in [0.05, 0.1) is 4.87 Å². The van der Waals surface area contributed by atoms with E-state index in [9.17, 15) is 9.59 Å². The van der Waals surface area contributed by atoms with Crippen molar-refractivity contribution in [1.82, 2.24) is 4.90 Å². The highest BCUT2D eigenvalue weighted by atomic mass is 79.9. The number of benzene rings is 1. The molecule has 3 rings (SSSR count). The number of hydrogen-bond acceptors (Lipinski definition) is 3. The predicted molar refractivity (Wildman–Crippen MR) is 88.2 cm³/mol. The van der Waals surface area contributed by atoms with Crippen LogP contribution in [0.5, 0.6) is 0 Å². The molecule has 1 aromatic rings. The second-order valence-corrected chi connectivity index (χ2v) is 8.07. The average Bonchev–Trinajstić information content (AvgIpc) is 2.91. The number of nitrogens with one attached hydrogen (secondary N) is 1. The van der Waals surface area contributed by atoms with Gasteiger partial charge >= 0.3 is 0 Å². The summed E-state index contributed by atoms with van der Waals surface area (Å²) in [7, 11) is 0. The summed E-state index contributed by atoms with van der Waals surface area (Å²) in [6, 6.07) is 5.36. The summed E-state index contributed by atoms with van der Waals surface area (Å²) in [5.41, 5.74) is 1.87. The molecule has 0 saturated carbocycles. The molecule has 0 aromatic heterocycles. The highest BCUT2D eigenvalue weighted by molar-refractivity contribution is 9.10. The minimum absolute atomic E-state index is 0.0905. The Morgan fingerprint density at radius 3 is 3.00 bits per heavy atom. The lowest BCUT2D eigenvalue weighted by atomic mass is 10.2. The van der Waals surface area contributed by atoms with Crippen molar-refractivity contribution in [3.05, 3.63) is 28.2 Å². The SMILES string of the molecule is Cc1ccc(NC(=O)C2CSC3(C)CCC(=O)N23)cc1Br. The van der Waals surface area contributed by atoms with Crippen molar-refractivity contribution in [2.75, 3.05) is 11.1 Å². The molecule has 2 aliphatic heterocycles. The van der Waals surface area contributed by atoms with Crippen LogP contribution in [0.4, 0.5) is 5.69 Å². The second kappa shape index (κ2) is 5.32. The number of aryl methyl sites for hydroxylation is 1. The molecule has 0 bridgehead atoms. The summed E-state index contributed by atoms with van der Waals surface area (Å²) >= 11 is 5.17. The minimum atomic E-state index is -0.366. The van der Waals surface area contributed by atoms with Gasteiger partial charge in [-0.15, -0.1) is 11.8 Å². The van der Waals surface area contributed by atoms with Crippen LogP contribution in [0.2, 0.25) is 0 Å². The largest absolute Gasteiger partial charge is 0.324 e. The topological polar surface area (TPSA) is 49.4 Å². The van der Waals surface area contributed by atoms with Crippen LogP contribution in [0.25, 0.3) is 0 Å². The van der Waals surface area contributed by atoms with Gasteiger partial charge < -0.3 is 10.2 Å². The Hall–Kier alpha value is -1.01. The number of anilines is 1. The van der Waals surface area contributed by atoms with Crippen molar-refractivity contribution >= 4 is 45.2 Å². The third kappa shape index (κ3) is 2.59.